The van der Waals surface area contributed by atoms with Crippen LogP contribution < -0.4 is 10.6 Å². The van der Waals surface area contributed by atoms with Gasteiger partial charge in [-0.25, -0.2) is 0 Å². The van der Waals surface area contributed by atoms with Crippen molar-refractivity contribution in [3.05, 3.63) is 82.0 Å². The van der Waals surface area contributed by atoms with E-state index in [0.29, 0.717) is 22.7 Å². The normalized spacial score (nSPS) is 10.4. The second-order valence-corrected chi connectivity index (χ2v) is 8.05. The highest BCUT2D eigenvalue weighted by atomic mass is 32.2. The number of thiophene rings is 1. The molecule has 138 valence electrons. The number of carbonyl (C=O) groups excluding carboxylic acids is 2. The first-order valence-electron chi connectivity index (χ1n) is 8.54. The molecule has 4 nitrogen and oxygen atoms in total. The van der Waals surface area contributed by atoms with Gasteiger partial charge in [0.25, 0.3) is 11.8 Å². The number of nitrogens with one attached hydrogen (secondary N) is 2. The average Bonchev–Trinajstić information content (AvgIpc) is 3.22. The molecule has 0 unspecified atom stereocenters. The first-order valence-corrected chi connectivity index (χ1v) is 10.4. The van der Waals surface area contributed by atoms with E-state index in [1.165, 1.54) is 21.8 Å². The van der Waals surface area contributed by atoms with E-state index >= 15 is 0 Å². The number of aryl methyl sites for hydroxylation is 1. The molecule has 0 saturated carbocycles. The molecule has 1 aromatic heterocycles. The summed E-state index contributed by atoms with van der Waals surface area (Å²) in [6.07, 6.45) is 0. The molecule has 3 aromatic rings. The fraction of sp³-hybridized carbons (Fsp3) is 0.143. The molecule has 0 saturated heterocycles. The van der Waals surface area contributed by atoms with E-state index in [4.69, 9.17) is 0 Å². The number of carbonyl (C=O) groups is 2. The number of hydrogen-bond acceptors (Lipinski definition) is 4. The zero-order valence-electron chi connectivity index (χ0n) is 14.9. The molecule has 0 atom stereocenters. The number of hydrogen-bond donors (Lipinski definition) is 2. The van der Waals surface area contributed by atoms with E-state index in [2.05, 4.69) is 41.8 Å². The SMILES string of the molecule is Cc1ccc(SCCNC(=O)c2cccc(NC(=O)c3cccs3)c2)cc1. The molecule has 2 N–H and O–H groups in total. The highest BCUT2D eigenvalue weighted by molar-refractivity contribution is 7.99. The Balaban J connectivity index is 1.49. The van der Waals surface area contributed by atoms with Gasteiger partial charge in [-0.2, -0.15) is 0 Å². The minimum atomic E-state index is -0.169. The molecule has 3 rings (SSSR count). The summed E-state index contributed by atoms with van der Waals surface area (Å²) < 4.78 is 0. The Labute approximate surface area is 167 Å². The maximum absolute atomic E-state index is 12.3. The Morgan fingerprint density at radius 3 is 2.56 bits per heavy atom. The van der Waals surface area contributed by atoms with Crippen molar-refractivity contribution >= 4 is 40.6 Å². The Kier molecular flexibility index (Phi) is 6.68. The van der Waals surface area contributed by atoms with Gasteiger partial charge < -0.3 is 10.6 Å². The van der Waals surface area contributed by atoms with Crippen LogP contribution in [0.3, 0.4) is 0 Å². The first-order chi connectivity index (χ1) is 13.1. The van der Waals surface area contributed by atoms with E-state index in [-0.39, 0.29) is 11.8 Å². The van der Waals surface area contributed by atoms with Gasteiger partial charge in [0.05, 0.1) is 4.88 Å². The third-order valence-electron chi connectivity index (χ3n) is 3.80. The molecule has 0 fully saturated rings. The molecule has 0 radical (unpaired) electrons. The van der Waals surface area contributed by atoms with E-state index in [0.717, 1.165) is 5.75 Å². The lowest BCUT2D eigenvalue weighted by molar-refractivity contribution is 0.0954. The van der Waals surface area contributed by atoms with Crippen LogP contribution in [-0.2, 0) is 0 Å². The lowest BCUT2D eigenvalue weighted by Crippen LogP contribution is -2.25. The van der Waals surface area contributed by atoms with Gasteiger partial charge in [-0.1, -0.05) is 29.8 Å². The summed E-state index contributed by atoms with van der Waals surface area (Å²) in [6, 6.07) is 18.9. The number of rotatable bonds is 7. The maximum Gasteiger partial charge on any atom is 0.265 e. The monoisotopic (exact) mass is 396 g/mol. The van der Waals surface area contributed by atoms with Crippen molar-refractivity contribution in [3.8, 4) is 0 Å². The Bertz CT molecular complexity index is 906. The van der Waals surface area contributed by atoms with E-state index in [9.17, 15) is 9.59 Å². The summed E-state index contributed by atoms with van der Waals surface area (Å²) in [4.78, 5) is 26.3. The second-order valence-electron chi connectivity index (χ2n) is 5.93. The maximum atomic E-state index is 12.3. The van der Waals surface area contributed by atoms with Crippen molar-refractivity contribution in [1.29, 1.82) is 0 Å². The summed E-state index contributed by atoms with van der Waals surface area (Å²) in [5.74, 6) is 0.479. The van der Waals surface area contributed by atoms with Crippen molar-refractivity contribution in [1.82, 2.24) is 5.32 Å². The third kappa shape index (κ3) is 5.70. The van der Waals surface area contributed by atoms with Gasteiger partial charge >= 0.3 is 0 Å². The van der Waals surface area contributed by atoms with Gasteiger partial charge in [-0.05, 0) is 48.7 Å². The number of thioether (sulfide) groups is 1. The molecule has 2 aromatic carbocycles. The smallest absolute Gasteiger partial charge is 0.265 e. The standard InChI is InChI=1S/C21H20N2O2S2/c1-15-7-9-18(10-8-15)26-13-11-22-20(24)16-4-2-5-17(14-16)23-21(25)19-6-3-12-27-19/h2-10,12,14H,11,13H2,1H3,(H,22,24)(H,23,25). The van der Waals surface area contributed by atoms with Gasteiger partial charge in [0.2, 0.25) is 0 Å². The summed E-state index contributed by atoms with van der Waals surface area (Å²) in [5.41, 5.74) is 2.37. The van der Waals surface area contributed by atoms with Gasteiger partial charge in [-0.15, -0.1) is 23.1 Å². The molecule has 1 heterocycles. The zero-order valence-corrected chi connectivity index (χ0v) is 16.5. The van der Waals surface area contributed by atoms with Crippen LogP contribution in [-0.4, -0.2) is 24.1 Å². The van der Waals surface area contributed by atoms with E-state index in [1.54, 1.807) is 42.1 Å². The highest BCUT2D eigenvalue weighted by Crippen LogP contribution is 2.18. The topological polar surface area (TPSA) is 58.2 Å². The van der Waals surface area contributed by atoms with Gasteiger partial charge in [-0.3, -0.25) is 9.59 Å². The molecule has 0 bridgehead atoms. The minimum Gasteiger partial charge on any atom is -0.351 e. The van der Waals surface area contributed by atoms with Crippen LogP contribution in [0, 0.1) is 6.92 Å². The van der Waals surface area contributed by atoms with Crippen molar-refractivity contribution in [2.24, 2.45) is 0 Å². The van der Waals surface area contributed by atoms with E-state index in [1.807, 2.05) is 11.4 Å². The Morgan fingerprint density at radius 1 is 1.00 bits per heavy atom. The van der Waals surface area contributed by atoms with Crippen LogP contribution in [0.1, 0.15) is 25.6 Å². The highest BCUT2D eigenvalue weighted by Gasteiger charge is 2.09. The van der Waals surface area contributed by atoms with Gasteiger partial charge in [0.15, 0.2) is 0 Å². The fourth-order valence-electron chi connectivity index (χ4n) is 2.41. The van der Waals surface area contributed by atoms with Crippen LogP contribution >= 0.6 is 23.1 Å². The summed E-state index contributed by atoms with van der Waals surface area (Å²) in [5, 5.41) is 7.59. The first kappa shape index (κ1) is 19.2. The van der Waals surface area contributed by atoms with Crippen LogP contribution in [0.25, 0.3) is 0 Å². The Hall–Kier alpha value is -2.57. The Morgan fingerprint density at radius 2 is 1.81 bits per heavy atom. The molecular weight excluding hydrogens is 376 g/mol. The van der Waals surface area contributed by atoms with Crippen LogP contribution in [0.5, 0.6) is 0 Å². The average molecular weight is 397 g/mol. The van der Waals surface area contributed by atoms with Crippen LogP contribution in [0.15, 0.2) is 70.9 Å². The number of anilines is 1. The van der Waals surface area contributed by atoms with Crippen LogP contribution in [0.4, 0.5) is 5.69 Å². The minimum absolute atomic E-state index is 0.147. The van der Waals surface area contributed by atoms with E-state index < -0.39 is 0 Å². The summed E-state index contributed by atoms with van der Waals surface area (Å²) >= 11 is 3.09. The van der Waals surface area contributed by atoms with Crippen molar-refractivity contribution in [2.75, 3.05) is 17.6 Å². The lowest BCUT2D eigenvalue weighted by Gasteiger charge is -2.08. The molecular formula is C21H20N2O2S2. The molecule has 0 aliphatic carbocycles. The van der Waals surface area contributed by atoms with Gasteiger partial charge in [0.1, 0.15) is 0 Å². The molecule has 2 amide bonds. The number of benzene rings is 2. The largest absolute Gasteiger partial charge is 0.351 e. The van der Waals surface area contributed by atoms with Gasteiger partial charge in [0, 0.05) is 28.4 Å². The summed E-state index contributed by atoms with van der Waals surface area (Å²) in [7, 11) is 0. The predicted molar refractivity (Wildman–Crippen MR) is 113 cm³/mol. The lowest BCUT2D eigenvalue weighted by atomic mass is 10.2. The predicted octanol–water partition coefficient (Wildman–Crippen LogP) is 4.83. The van der Waals surface area contributed by atoms with Crippen LogP contribution in [0.2, 0.25) is 0 Å². The quantitative estimate of drug-likeness (QED) is 0.444. The second kappa shape index (κ2) is 9.39. The molecule has 0 aliphatic heterocycles. The third-order valence-corrected chi connectivity index (χ3v) is 5.69. The zero-order chi connectivity index (χ0) is 19.1. The number of amides is 2. The molecule has 6 heteroatoms. The molecule has 27 heavy (non-hydrogen) atoms. The fourth-order valence-corrected chi connectivity index (χ4v) is 3.80. The summed E-state index contributed by atoms with van der Waals surface area (Å²) in [6.45, 7) is 2.63. The van der Waals surface area contributed by atoms with Crippen molar-refractivity contribution in [3.63, 3.8) is 0 Å². The van der Waals surface area contributed by atoms with Crippen molar-refractivity contribution in [2.45, 2.75) is 11.8 Å². The molecule has 0 aliphatic rings. The molecule has 0 spiro atoms. The van der Waals surface area contributed by atoms with Crippen molar-refractivity contribution < 1.29 is 9.59 Å².